The lowest BCUT2D eigenvalue weighted by Gasteiger charge is -2.10. The summed E-state index contributed by atoms with van der Waals surface area (Å²) in [6.07, 6.45) is 0. The number of likely N-dealkylation sites (tertiary alicyclic amines) is 1. The molecule has 2 rings (SSSR count). The van der Waals surface area contributed by atoms with E-state index in [9.17, 15) is 4.79 Å². The predicted octanol–water partition coefficient (Wildman–Crippen LogP) is -0.721. The van der Waals surface area contributed by atoms with E-state index in [0.717, 1.165) is 13.1 Å². The van der Waals surface area contributed by atoms with Crippen molar-refractivity contribution in [2.24, 2.45) is 23.5 Å². The fourth-order valence-electron chi connectivity index (χ4n) is 2.16. The van der Waals surface area contributed by atoms with Crippen LogP contribution in [0, 0.1) is 17.8 Å². The van der Waals surface area contributed by atoms with Crippen molar-refractivity contribution >= 4 is 5.91 Å². The topological polar surface area (TPSA) is 46.3 Å². The van der Waals surface area contributed by atoms with Gasteiger partial charge in [-0.05, 0) is 18.9 Å². The van der Waals surface area contributed by atoms with Crippen LogP contribution in [0.2, 0.25) is 0 Å². The van der Waals surface area contributed by atoms with Gasteiger partial charge in [-0.3, -0.25) is 4.79 Å². The largest absolute Gasteiger partial charge is 0.369 e. The van der Waals surface area contributed by atoms with Gasteiger partial charge in [0.15, 0.2) is 0 Å². The zero-order valence-corrected chi connectivity index (χ0v) is 6.08. The quantitative estimate of drug-likeness (QED) is 0.522. The number of rotatable bonds is 1. The Balaban J connectivity index is 1.98. The molecule has 2 unspecified atom stereocenters. The number of carbonyl (C=O) groups is 1. The molecular formula is C7H12N2O. The van der Waals surface area contributed by atoms with Crippen molar-refractivity contribution in [1.29, 1.82) is 0 Å². The van der Waals surface area contributed by atoms with Crippen LogP contribution in [0.1, 0.15) is 0 Å². The van der Waals surface area contributed by atoms with Crippen LogP contribution in [0.25, 0.3) is 0 Å². The summed E-state index contributed by atoms with van der Waals surface area (Å²) in [5, 5.41) is 0. The second-order valence-corrected chi connectivity index (χ2v) is 3.48. The average Bonchev–Trinajstić information content (AvgIpc) is 2.32. The Bertz CT molecular complexity index is 168. The van der Waals surface area contributed by atoms with Crippen molar-refractivity contribution in [1.82, 2.24) is 4.90 Å². The maximum absolute atomic E-state index is 10.7. The normalized spacial score (nSPS) is 45.1. The first-order valence-electron chi connectivity index (χ1n) is 3.68. The van der Waals surface area contributed by atoms with Gasteiger partial charge in [-0.1, -0.05) is 0 Å². The van der Waals surface area contributed by atoms with Gasteiger partial charge in [0.25, 0.3) is 0 Å². The molecule has 1 heterocycles. The van der Waals surface area contributed by atoms with Gasteiger partial charge in [0.1, 0.15) is 0 Å². The number of carbonyl (C=O) groups excluding carboxylic acids is 1. The minimum Gasteiger partial charge on any atom is -0.369 e. The van der Waals surface area contributed by atoms with Crippen LogP contribution in [0.3, 0.4) is 0 Å². The molecule has 2 fully saturated rings. The lowest BCUT2D eigenvalue weighted by Crippen LogP contribution is -2.25. The van der Waals surface area contributed by atoms with Gasteiger partial charge in [0.05, 0.1) is 0 Å². The predicted molar refractivity (Wildman–Crippen MR) is 37.2 cm³/mol. The van der Waals surface area contributed by atoms with Crippen LogP contribution in [-0.2, 0) is 4.79 Å². The first-order valence-corrected chi connectivity index (χ1v) is 3.68. The van der Waals surface area contributed by atoms with Gasteiger partial charge in [0, 0.05) is 19.0 Å². The van der Waals surface area contributed by atoms with Crippen LogP contribution in [-0.4, -0.2) is 30.9 Å². The van der Waals surface area contributed by atoms with Crippen LogP contribution in [0.5, 0.6) is 0 Å². The molecular weight excluding hydrogens is 128 g/mol. The van der Waals surface area contributed by atoms with Crippen LogP contribution in [0.4, 0.5) is 0 Å². The minimum atomic E-state index is -0.0944. The molecule has 0 aromatic carbocycles. The lowest BCUT2D eigenvalue weighted by atomic mass is 10.2. The summed E-state index contributed by atoms with van der Waals surface area (Å²) in [6.45, 7) is 2.14. The number of nitrogens with zero attached hydrogens (tertiary/aromatic N) is 1. The molecule has 1 aliphatic heterocycles. The van der Waals surface area contributed by atoms with Gasteiger partial charge in [-0.2, -0.15) is 0 Å². The Morgan fingerprint density at radius 3 is 2.40 bits per heavy atom. The second-order valence-electron chi connectivity index (χ2n) is 3.48. The Kier molecular flexibility index (Phi) is 1.06. The van der Waals surface area contributed by atoms with E-state index < -0.39 is 0 Å². The van der Waals surface area contributed by atoms with Crippen molar-refractivity contribution < 1.29 is 4.79 Å². The fraction of sp³-hybridized carbons (Fsp3) is 0.857. The van der Waals surface area contributed by atoms with Crippen LogP contribution in [0.15, 0.2) is 0 Å². The maximum atomic E-state index is 10.7. The van der Waals surface area contributed by atoms with E-state index in [0.29, 0.717) is 11.8 Å². The summed E-state index contributed by atoms with van der Waals surface area (Å²) in [5.41, 5.74) is 5.18. The highest BCUT2D eigenvalue weighted by Gasteiger charge is 2.57. The minimum absolute atomic E-state index is 0.0944. The number of piperidine rings is 1. The van der Waals surface area contributed by atoms with E-state index >= 15 is 0 Å². The first kappa shape index (κ1) is 6.16. The number of fused-ring (bicyclic) bond motifs is 1. The summed E-state index contributed by atoms with van der Waals surface area (Å²) in [5.74, 6) is 1.32. The van der Waals surface area contributed by atoms with E-state index in [1.165, 1.54) is 0 Å². The van der Waals surface area contributed by atoms with Crippen molar-refractivity contribution in [3.05, 3.63) is 0 Å². The summed E-state index contributed by atoms with van der Waals surface area (Å²) >= 11 is 0. The molecule has 3 nitrogen and oxygen atoms in total. The van der Waals surface area contributed by atoms with Gasteiger partial charge in [0.2, 0.25) is 5.91 Å². The van der Waals surface area contributed by atoms with E-state index in [1.807, 2.05) is 0 Å². The van der Waals surface area contributed by atoms with E-state index in [-0.39, 0.29) is 11.8 Å². The van der Waals surface area contributed by atoms with E-state index in [1.54, 1.807) is 0 Å². The van der Waals surface area contributed by atoms with Crippen molar-refractivity contribution in [2.45, 2.75) is 0 Å². The van der Waals surface area contributed by atoms with Gasteiger partial charge >= 0.3 is 0 Å². The fourth-order valence-corrected chi connectivity index (χ4v) is 2.16. The van der Waals surface area contributed by atoms with E-state index in [4.69, 9.17) is 5.73 Å². The third-order valence-corrected chi connectivity index (χ3v) is 2.71. The molecule has 0 radical (unpaired) electrons. The molecule has 0 bridgehead atoms. The Morgan fingerprint density at radius 1 is 1.50 bits per heavy atom. The van der Waals surface area contributed by atoms with Gasteiger partial charge in [-0.15, -0.1) is 0 Å². The molecule has 3 heteroatoms. The van der Waals surface area contributed by atoms with Crippen LogP contribution < -0.4 is 5.73 Å². The summed E-state index contributed by atoms with van der Waals surface area (Å²) in [4.78, 5) is 12.9. The molecule has 2 aliphatic rings. The van der Waals surface area contributed by atoms with Crippen LogP contribution >= 0.6 is 0 Å². The Morgan fingerprint density at radius 2 is 2.00 bits per heavy atom. The molecule has 10 heavy (non-hydrogen) atoms. The second kappa shape index (κ2) is 1.72. The first-order chi connectivity index (χ1) is 4.70. The number of amides is 1. The lowest BCUT2D eigenvalue weighted by molar-refractivity contribution is -0.120. The highest BCUT2D eigenvalue weighted by molar-refractivity contribution is 5.80. The highest BCUT2D eigenvalue weighted by Crippen LogP contribution is 2.50. The number of hydrogen-bond donors (Lipinski definition) is 1. The molecule has 2 atom stereocenters. The maximum Gasteiger partial charge on any atom is 0.221 e. The molecule has 0 spiro atoms. The molecule has 2 N–H and O–H groups in total. The SMILES string of the molecule is CN1CC2C(C1)C2C(N)=O. The standard InChI is InChI=1S/C7H12N2O/c1-9-2-4-5(3-9)6(4)7(8)10/h4-6H,2-3H2,1H3,(H2,8,10). The highest BCUT2D eigenvalue weighted by atomic mass is 16.1. The zero-order chi connectivity index (χ0) is 7.30. The number of hydrogen-bond acceptors (Lipinski definition) is 2. The molecule has 1 saturated heterocycles. The number of primary amides is 1. The molecule has 1 aliphatic carbocycles. The van der Waals surface area contributed by atoms with Crippen molar-refractivity contribution in [3.63, 3.8) is 0 Å². The summed E-state index contributed by atoms with van der Waals surface area (Å²) in [7, 11) is 2.09. The monoisotopic (exact) mass is 140 g/mol. The zero-order valence-electron chi connectivity index (χ0n) is 6.08. The Hall–Kier alpha value is -0.570. The van der Waals surface area contributed by atoms with Crippen molar-refractivity contribution in [2.75, 3.05) is 20.1 Å². The number of nitrogens with two attached hydrogens (primary N) is 1. The molecule has 1 amide bonds. The van der Waals surface area contributed by atoms with Gasteiger partial charge in [-0.25, -0.2) is 0 Å². The summed E-state index contributed by atoms with van der Waals surface area (Å²) < 4.78 is 0. The van der Waals surface area contributed by atoms with Crippen molar-refractivity contribution in [3.8, 4) is 0 Å². The molecule has 0 aromatic heterocycles. The van der Waals surface area contributed by atoms with E-state index in [2.05, 4.69) is 11.9 Å². The third-order valence-electron chi connectivity index (χ3n) is 2.71. The molecule has 1 saturated carbocycles. The Labute approximate surface area is 60.2 Å². The third kappa shape index (κ3) is 0.669. The molecule has 56 valence electrons. The average molecular weight is 140 g/mol. The smallest absolute Gasteiger partial charge is 0.221 e. The summed E-state index contributed by atoms with van der Waals surface area (Å²) in [6, 6.07) is 0. The van der Waals surface area contributed by atoms with Gasteiger partial charge < -0.3 is 10.6 Å². The molecule has 0 aromatic rings.